The zero-order valence-electron chi connectivity index (χ0n) is 19.0. The van der Waals surface area contributed by atoms with Crippen molar-refractivity contribution in [1.82, 2.24) is 20.9 Å². The molecule has 0 radical (unpaired) electrons. The highest BCUT2D eigenvalue weighted by molar-refractivity contribution is 5.69. The summed E-state index contributed by atoms with van der Waals surface area (Å²) < 4.78 is 35.2. The van der Waals surface area contributed by atoms with Crippen LogP contribution < -0.4 is 16.0 Å². The molecular weight excluding hydrogens is 398 g/mol. The maximum atomic E-state index is 12.5. The predicted octanol–water partition coefficient (Wildman–Crippen LogP) is 2.72. The van der Waals surface area contributed by atoms with Gasteiger partial charge in [0, 0.05) is 25.2 Å². The van der Waals surface area contributed by atoms with Crippen LogP contribution in [0.5, 0.6) is 0 Å². The summed E-state index contributed by atoms with van der Waals surface area (Å²) in [7, 11) is 0. The number of hydrogen-bond acceptors (Lipinski definition) is 6. The molecule has 0 saturated carbocycles. The van der Waals surface area contributed by atoms with Crippen LogP contribution in [0.4, 0.5) is 18.4 Å². The minimum absolute atomic E-state index is 0.196. The first-order valence-electron chi connectivity index (χ1n) is 10.5. The van der Waals surface area contributed by atoms with E-state index in [0.717, 1.165) is 31.0 Å². The van der Waals surface area contributed by atoms with Gasteiger partial charge in [-0.25, -0.2) is 18.4 Å². The first kappa shape index (κ1) is 26.4. The van der Waals surface area contributed by atoms with Crippen molar-refractivity contribution in [1.29, 1.82) is 0 Å². The van der Waals surface area contributed by atoms with Gasteiger partial charge < -0.3 is 25.4 Å². The summed E-state index contributed by atoms with van der Waals surface area (Å²) >= 11 is 0. The summed E-state index contributed by atoms with van der Waals surface area (Å²) in [5, 5.41) is 9.03. The van der Waals surface area contributed by atoms with Gasteiger partial charge >= 0.3 is 12.2 Å². The molecule has 2 atom stereocenters. The monoisotopic (exact) mass is 436 g/mol. The fraction of sp³-hybridized carbons (Fsp3) is 0.900. The molecular formula is C20H38F2N4O4. The van der Waals surface area contributed by atoms with Crippen LogP contribution in [-0.4, -0.2) is 79.5 Å². The summed E-state index contributed by atoms with van der Waals surface area (Å²) in [5.41, 5.74) is -1.07. The topological polar surface area (TPSA) is 91.9 Å². The van der Waals surface area contributed by atoms with Gasteiger partial charge in [0.15, 0.2) is 0 Å². The lowest BCUT2D eigenvalue weighted by molar-refractivity contribution is 0.00103. The number of ether oxygens (including phenoxy) is 2. The van der Waals surface area contributed by atoms with Crippen molar-refractivity contribution < 1.29 is 27.8 Å². The third kappa shape index (κ3) is 11.5. The molecule has 2 rings (SSSR count). The van der Waals surface area contributed by atoms with Gasteiger partial charge in [0.05, 0.1) is 6.54 Å². The Morgan fingerprint density at radius 1 is 1.00 bits per heavy atom. The number of alkyl halides is 2. The van der Waals surface area contributed by atoms with E-state index in [2.05, 4.69) is 16.0 Å². The number of amides is 2. The highest BCUT2D eigenvalue weighted by Gasteiger charge is 2.32. The van der Waals surface area contributed by atoms with E-state index in [4.69, 9.17) is 9.47 Å². The van der Waals surface area contributed by atoms with Crippen molar-refractivity contribution in [2.75, 3.05) is 32.7 Å². The quantitative estimate of drug-likeness (QED) is 0.628. The summed E-state index contributed by atoms with van der Waals surface area (Å²) in [6.07, 6.45) is -1.85. The lowest BCUT2D eigenvalue weighted by Gasteiger charge is -2.31. The van der Waals surface area contributed by atoms with Gasteiger partial charge in [-0.3, -0.25) is 4.90 Å². The molecule has 2 heterocycles. The van der Waals surface area contributed by atoms with Crippen LogP contribution >= 0.6 is 0 Å². The van der Waals surface area contributed by atoms with E-state index in [1.54, 1.807) is 20.8 Å². The fourth-order valence-electron chi connectivity index (χ4n) is 3.00. The van der Waals surface area contributed by atoms with E-state index in [9.17, 15) is 18.4 Å². The SMILES string of the molecule is CC(C)(C)OC(=O)N(CC(F)F)[C@@H]1CCNC1.CC(C)(C)OC(=O)N[C@@H]1CCNC1. The summed E-state index contributed by atoms with van der Waals surface area (Å²) in [4.78, 5) is 24.2. The van der Waals surface area contributed by atoms with Crippen molar-refractivity contribution in [3.8, 4) is 0 Å². The molecule has 2 saturated heterocycles. The fourth-order valence-corrected chi connectivity index (χ4v) is 3.00. The summed E-state index contributed by atoms with van der Waals surface area (Å²) in [6.45, 7) is 13.3. The highest BCUT2D eigenvalue weighted by atomic mass is 19.3. The first-order valence-corrected chi connectivity index (χ1v) is 10.5. The van der Waals surface area contributed by atoms with E-state index in [1.807, 2.05) is 20.8 Å². The molecule has 2 fully saturated rings. The zero-order valence-corrected chi connectivity index (χ0v) is 19.0. The van der Waals surface area contributed by atoms with E-state index in [1.165, 1.54) is 0 Å². The lowest BCUT2D eigenvalue weighted by atomic mass is 10.2. The van der Waals surface area contributed by atoms with Crippen LogP contribution in [0.15, 0.2) is 0 Å². The number of alkyl carbamates (subject to hydrolysis) is 1. The smallest absolute Gasteiger partial charge is 0.410 e. The van der Waals surface area contributed by atoms with E-state index < -0.39 is 30.3 Å². The van der Waals surface area contributed by atoms with Crippen LogP contribution in [0, 0.1) is 0 Å². The largest absolute Gasteiger partial charge is 0.444 e. The molecule has 10 heteroatoms. The van der Waals surface area contributed by atoms with E-state index in [0.29, 0.717) is 13.0 Å². The molecule has 30 heavy (non-hydrogen) atoms. The van der Waals surface area contributed by atoms with Gasteiger partial charge in [0.1, 0.15) is 11.2 Å². The Labute approximate surface area is 178 Å². The van der Waals surface area contributed by atoms with Crippen molar-refractivity contribution in [3.05, 3.63) is 0 Å². The molecule has 2 aliphatic heterocycles. The number of carbonyl (C=O) groups is 2. The average molecular weight is 437 g/mol. The van der Waals surface area contributed by atoms with Gasteiger partial charge in [-0.05, 0) is 67.5 Å². The van der Waals surface area contributed by atoms with E-state index in [-0.39, 0.29) is 18.2 Å². The maximum Gasteiger partial charge on any atom is 0.410 e. The molecule has 2 aliphatic rings. The third-order valence-corrected chi connectivity index (χ3v) is 4.22. The molecule has 176 valence electrons. The molecule has 0 spiro atoms. The van der Waals surface area contributed by atoms with Crippen LogP contribution in [-0.2, 0) is 9.47 Å². The zero-order chi connectivity index (χ0) is 22.9. The van der Waals surface area contributed by atoms with Gasteiger partial charge in [0.25, 0.3) is 6.43 Å². The van der Waals surface area contributed by atoms with Gasteiger partial charge in [0.2, 0.25) is 0 Å². The Morgan fingerprint density at radius 3 is 2.00 bits per heavy atom. The Balaban J connectivity index is 0.000000311. The van der Waals surface area contributed by atoms with Crippen LogP contribution in [0.2, 0.25) is 0 Å². The average Bonchev–Trinajstić information content (AvgIpc) is 3.22. The van der Waals surface area contributed by atoms with Crippen LogP contribution in [0.25, 0.3) is 0 Å². The normalized spacial score (nSPS) is 21.6. The third-order valence-electron chi connectivity index (χ3n) is 4.22. The number of halogens is 2. The second kappa shape index (κ2) is 11.6. The minimum Gasteiger partial charge on any atom is -0.444 e. The number of nitrogens with zero attached hydrogens (tertiary/aromatic N) is 1. The summed E-state index contributed by atoms with van der Waals surface area (Å²) in [5.74, 6) is 0. The van der Waals surface area contributed by atoms with E-state index >= 15 is 0 Å². The maximum absolute atomic E-state index is 12.5. The molecule has 0 aromatic rings. The molecule has 0 aromatic carbocycles. The van der Waals surface area contributed by atoms with Crippen LogP contribution in [0.3, 0.4) is 0 Å². The summed E-state index contributed by atoms with van der Waals surface area (Å²) in [6, 6.07) is 0.0358. The minimum atomic E-state index is -2.54. The van der Waals surface area contributed by atoms with Crippen molar-refractivity contribution >= 4 is 12.2 Å². The van der Waals surface area contributed by atoms with Gasteiger partial charge in [-0.2, -0.15) is 0 Å². The molecule has 3 N–H and O–H groups in total. The standard InChI is InChI=1S/C11H20F2N2O2.C9H18N2O2/c1-11(2,3)17-10(16)15(7-9(12)13)8-4-5-14-6-8;1-9(2,3)13-8(12)11-7-4-5-10-6-7/h8-9,14H,4-7H2,1-3H3;7,10H,4-6H2,1-3H3,(H,11,12)/t8-;7-/m11/s1. The number of nitrogens with one attached hydrogen (secondary N) is 3. The first-order chi connectivity index (χ1) is 13.8. The van der Waals surface area contributed by atoms with Gasteiger partial charge in [-0.15, -0.1) is 0 Å². The second-order valence-corrected chi connectivity index (χ2v) is 9.51. The van der Waals surface area contributed by atoms with Crippen molar-refractivity contribution in [3.63, 3.8) is 0 Å². The molecule has 0 unspecified atom stereocenters. The Hall–Kier alpha value is -1.68. The molecule has 0 aromatic heterocycles. The Bertz CT molecular complexity index is 538. The van der Waals surface area contributed by atoms with Crippen molar-refractivity contribution in [2.45, 2.75) is 84.1 Å². The van der Waals surface area contributed by atoms with Crippen LogP contribution in [0.1, 0.15) is 54.4 Å². The second-order valence-electron chi connectivity index (χ2n) is 9.51. The predicted molar refractivity (Wildman–Crippen MR) is 111 cm³/mol. The Morgan fingerprint density at radius 2 is 1.57 bits per heavy atom. The molecule has 0 bridgehead atoms. The van der Waals surface area contributed by atoms with Crippen molar-refractivity contribution in [2.24, 2.45) is 0 Å². The molecule has 8 nitrogen and oxygen atoms in total. The Kier molecular flexibility index (Phi) is 10.2. The number of hydrogen-bond donors (Lipinski definition) is 3. The number of rotatable bonds is 4. The van der Waals surface area contributed by atoms with Gasteiger partial charge in [-0.1, -0.05) is 0 Å². The molecule has 2 amide bonds. The lowest BCUT2D eigenvalue weighted by Crippen LogP contribution is -2.46. The highest BCUT2D eigenvalue weighted by Crippen LogP contribution is 2.16. The molecule has 0 aliphatic carbocycles. The number of carbonyl (C=O) groups excluding carboxylic acids is 2.